The summed E-state index contributed by atoms with van der Waals surface area (Å²) in [7, 11) is -21.2. The lowest BCUT2D eigenvalue weighted by molar-refractivity contribution is 0.348. The Labute approximate surface area is 822 Å². The van der Waals surface area contributed by atoms with Gasteiger partial charge in [0.05, 0.1) is 96.4 Å². The van der Waals surface area contributed by atoms with E-state index in [0.717, 1.165) is 21.3 Å². The Morgan fingerprint density at radius 1 is 0.272 bits per heavy atom. The molecule has 44 heteroatoms. The van der Waals surface area contributed by atoms with Gasteiger partial charge in [0.25, 0.3) is 63.6 Å². The van der Waals surface area contributed by atoms with Crippen molar-refractivity contribution in [2.24, 2.45) is 0 Å². The van der Waals surface area contributed by atoms with E-state index in [1.54, 1.807) is 39.8 Å². The van der Waals surface area contributed by atoms with Gasteiger partial charge in [0, 0.05) is 96.5 Å². The summed E-state index contributed by atoms with van der Waals surface area (Å²) in [4.78, 5) is 63.9. The van der Waals surface area contributed by atoms with Crippen LogP contribution in [0.15, 0.2) is 288 Å². The molecule has 16 rings (SSSR count). The van der Waals surface area contributed by atoms with Crippen molar-refractivity contribution in [1.29, 1.82) is 0 Å². The highest BCUT2D eigenvalue weighted by molar-refractivity contribution is 7.93. The highest BCUT2D eigenvalue weighted by Crippen LogP contribution is 2.47. The molecule has 40 nitrogen and oxygen atoms in total. The maximum atomic E-state index is 13.3. The van der Waals surface area contributed by atoms with Crippen LogP contribution in [0.3, 0.4) is 0 Å². The zero-order valence-electron chi connectivity index (χ0n) is 100. The maximum Gasteiger partial charge on any atom is 0.280 e. The molecule has 0 unspecified atom stereocenters. The van der Waals surface area contributed by atoms with Crippen LogP contribution in [0.4, 0.5) is 23.3 Å². The predicted octanol–water partition coefficient (Wildman–Crippen LogP) is 15.4. The Balaban J connectivity index is 0.000000181. The number of methoxy groups -OCH3 is 8. The predicted molar refractivity (Wildman–Crippen MR) is 499 cm³/mol. The lowest BCUT2D eigenvalue weighted by Crippen LogP contribution is -2.17. The topological polar surface area (TPSA) is 502 Å². The molecule has 4 N–H and O–H groups in total. The molecule has 0 amide bonds. The minimum Gasteiger partial charge on any atom is -0.493 e. The molecule has 136 heavy (non-hydrogen) atoms. The Morgan fingerprint density at radius 3 is 0.816 bits per heavy atom. The molecular weight excluding hydrogens is 1830 g/mol. The largest absolute Gasteiger partial charge is 0.493 e. The van der Waals surface area contributed by atoms with Gasteiger partial charge in [0.1, 0.15) is 0 Å². The van der Waals surface area contributed by atoms with Gasteiger partial charge in [-0.2, -0.15) is 53.6 Å². The monoisotopic (exact) mass is 1950 g/mol. The first-order valence-electron chi connectivity index (χ1n) is 52.4. The lowest BCUT2D eigenvalue weighted by Gasteiger charge is -2.17. The Hall–Kier alpha value is -17.0. The number of anilines is 4. The lowest BCUT2D eigenvalue weighted by atomic mass is 10.2. The van der Waals surface area contributed by atoms with Crippen LogP contribution in [-0.4, -0.2) is 170 Å². The molecule has 0 radical (unpaired) electrons. The highest BCUT2D eigenvalue weighted by atomic mass is 32.2. The van der Waals surface area contributed by atoms with Gasteiger partial charge in [-0.1, -0.05) is 72.7 Å². The quantitative estimate of drug-likeness (QED) is 0.0304. The molecule has 0 saturated heterocycles. The number of hydrogen-bond donors (Lipinski definition) is 4. The summed E-state index contributed by atoms with van der Waals surface area (Å²) >= 11 is 0. The Morgan fingerprint density at radius 2 is 0.537 bits per heavy atom. The molecule has 0 saturated carbocycles. The number of hydrogen-bond acceptors (Lipinski definition) is 36. The minimum absolute atomic E-state index is 0.0277. The highest BCUT2D eigenvalue weighted by Gasteiger charge is 2.32. The summed E-state index contributed by atoms with van der Waals surface area (Å²) in [6, 6.07) is 11.8. The third-order valence-electron chi connectivity index (χ3n) is 17.0. The molecule has 0 spiro atoms. The van der Waals surface area contributed by atoms with Crippen molar-refractivity contribution >= 4 is 63.4 Å². The summed E-state index contributed by atoms with van der Waals surface area (Å²) in [6.07, 6.45) is 8.42. The van der Waals surface area contributed by atoms with E-state index in [1.165, 1.54) is 149 Å². The van der Waals surface area contributed by atoms with Crippen LogP contribution in [0.25, 0.3) is 45.6 Å². The van der Waals surface area contributed by atoms with Crippen molar-refractivity contribution in [2.45, 2.75) is 47.8 Å². The van der Waals surface area contributed by atoms with Crippen molar-refractivity contribution in [3.05, 3.63) is 290 Å². The fourth-order valence-electron chi connectivity index (χ4n) is 10.7. The molecule has 12 aromatic heterocycles. The summed E-state index contributed by atoms with van der Waals surface area (Å²) in [5, 5.41) is -1.58. The van der Waals surface area contributed by atoms with E-state index in [0.29, 0.717) is 33.4 Å². The van der Waals surface area contributed by atoms with Gasteiger partial charge < -0.3 is 56.8 Å². The zero-order valence-corrected chi connectivity index (χ0v) is 74.6. The second kappa shape index (κ2) is 44.3. The van der Waals surface area contributed by atoms with Gasteiger partial charge in [-0.05, 0) is 171 Å². The van der Waals surface area contributed by atoms with Gasteiger partial charge in [0.15, 0.2) is 113 Å². The normalized spacial score (nSPS) is 14.3. The van der Waals surface area contributed by atoms with Crippen LogP contribution in [-0.2, 0) is 40.1 Å². The average molecular weight is 1950 g/mol. The van der Waals surface area contributed by atoms with Crippen LogP contribution in [0.5, 0.6) is 92.5 Å². The van der Waals surface area contributed by atoms with Gasteiger partial charge in [0.2, 0.25) is 23.0 Å². The van der Waals surface area contributed by atoms with E-state index in [1.807, 2.05) is 0 Å². The number of rotatable bonds is 32. The second-order valence-corrected chi connectivity index (χ2v) is 32.8. The number of ether oxygens (including phenoxy) is 12. The second-order valence-electron chi connectivity index (χ2n) is 26.3. The van der Waals surface area contributed by atoms with Gasteiger partial charge >= 0.3 is 0 Å². The molecule has 696 valence electrons. The van der Waals surface area contributed by atoms with E-state index in [-0.39, 0.29) is 44.6 Å². The van der Waals surface area contributed by atoms with Gasteiger partial charge in [-0.15, -0.1) is 0 Å². The first-order valence-corrected chi connectivity index (χ1v) is 43.9. The number of nitrogens with zero attached hydrogens (tertiary/aromatic N) is 16. The van der Waals surface area contributed by atoms with E-state index < -0.39 is 308 Å². The van der Waals surface area contributed by atoms with Crippen molar-refractivity contribution in [3.8, 4) is 138 Å². The van der Waals surface area contributed by atoms with E-state index in [2.05, 4.69) is 98.6 Å². The molecule has 0 aliphatic carbocycles. The smallest absolute Gasteiger partial charge is 0.280 e. The third-order valence-corrected chi connectivity index (χ3v) is 22.0. The maximum absolute atomic E-state index is 13.3. The first kappa shape index (κ1) is 64.7. The molecular formula is C92H84N20O20S4. The summed E-state index contributed by atoms with van der Waals surface area (Å²) in [5.74, 6) is -11.9. The number of aromatic nitrogens is 16. The van der Waals surface area contributed by atoms with Crippen LogP contribution < -0.4 is 75.7 Å². The molecule has 16 aromatic rings. The van der Waals surface area contributed by atoms with Crippen LogP contribution >= 0.6 is 0 Å². The number of sulfonamides is 4. The summed E-state index contributed by atoms with van der Waals surface area (Å²) < 4.78 is 409. The molecule has 0 bridgehead atoms. The fourth-order valence-corrected chi connectivity index (χ4v) is 14.4. The molecule has 4 aromatic carbocycles. The van der Waals surface area contributed by atoms with Crippen molar-refractivity contribution in [3.63, 3.8) is 0 Å². The van der Waals surface area contributed by atoms with Gasteiger partial charge in [-0.3, -0.25) is 38.8 Å². The number of nitrogens with one attached hydrogen (secondary N) is 4. The summed E-state index contributed by atoms with van der Waals surface area (Å²) in [6.45, 7) is 6.85. The molecule has 0 fully saturated rings. The number of para-hydroxylation sites is 8. The zero-order chi connectivity index (χ0) is 121. The van der Waals surface area contributed by atoms with Crippen molar-refractivity contribution in [2.75, 3.05) is 75.6 Å². The van der Waals surface area contributed by atoms with Crippen molar-refractivity contribution in [1.82, 2.24) is 79.7 Å². The van der Waals surface area contributed by atoms with Crippen LogP contribution in [0.2, 0.25) is 0 Å². The summed E-state index contributed by atoms with van der Waals surface area (Å²) in [5.41, 5.74) is 2.66. The van der Waals surface area contributed by atoms with Crippen LogP contribution in [0, 0.1) is 27.7 Å². The standard InChI is InChI=1S/4C23H21N5O5S/c4*1-15-8-9-19(25-14-15)34(29,30)28-22-20(33-18-7-5-4-6-17(18)31-2)23(32-3)27-21(26-22)16-10-12-24-13-11-16/h4*4-14H,1-3H3,(H,26,27,28)/i4D,5D,6D,7D,10D,11D,12D,13D;3D3,4D,5D,6D,7D;2D3,10D,11D,12D,13D;2D3,4D,5D,6D,7D. The molecule has 0 aliphatic rings. The van der Waals surface area contributed by atoms with E-state index in [9.17, 15) is 33.7 Å². The third kappa shape index (κ3) is 24.2. The van der Waals surface area contributed by atoms with Crippen molar-refractivity contribution < 1.29 is 130 Å². The molecule has 12 heterocycles. The van der Waals surface area contributed by atoms with Gasteiger partial charge in [-0.25, -0.2) is 39.9 Å². The average Bonchev–Trinajstić information content (AvgIpc) is 0.753. The fraction of sp³-hybridized carbons (Fsp3) is 0.130. The SMILES string of the molecule is [2H]c1c([2H])c([2H])c(OC([2H])([2H])[2H])c(Oc2c(NS(=O)(=O)c3ccc(C)cn3)nc(-c3ccncc3)nc2OC)c1[2H].[2H]c1c([2H])c([2H])c(Oc2c(NS(=O)(=O)c3ccc(C)cn3)nc(-c3ccncc3)nc2OC([2H])([2H])[2H])c(OC)c1[2H].[2H]c1nc([2H])c([2H])c(-c2nc(NS(=O)(=O)c3ccc(C)cn3)c(Oc3c([2H])c([2H])c([2H])c([2H])c3OC)c(OC)n2)c1[2H].[2H]c1nc([2H])c([2H])c(-c2nc(NS(=O)(=O)c3ccc(C)cn3)c(Oc3ccccc3OC([2H])([2H])[2H])c(OC)n2)c1[2H]. The first-order chi connectivity index (χ1) is 77.3. The molecule has 0 aliphatic heterocycles. The van der Waals surface area contributed by atoms with E-state index >= 15 is 0 Å². The number of benzene rings is 4. The number of aryl methyl sites for hydroxylation is 4. The van der Waals surface area contributed by atoms with Crippen LogP contribution in [0.1, 0.15) is 62.0 Å². The Bertz CT molecular complexity index is 8970. The number of pyridine rings is 8. The molecule has 0 atom stereocenters. The van der Waals surface area contributed by atoms with E-state index in [4.69, 9.17) is 96.6 Å². The Kier molecular flexibility index (Phi) is 21.1. The minimum atomic E-state index is -4.50.